The SMILES string of the molecule is O=C(Nc1cc(Cl)nc(Cl)c1)Nc1cc(Cl)nc(OC2CCCC2)c1. The van der Waals surface area contributed by atoms with Crippen molar-refractivity contribution in [3.05, 3.63) is 39.7 Å². The normalized spacial score (nSPS) is 14.4. The molecule has 1 aliphatic carbocycles. The third-order valence-corrected chi connectivity index (χ3v) is 4.22. The van der Waals surface area contributed by atoms with Crippen LogP contribution in [-0.4, -0.2) is 22.1 Å². The summed E-state index contributed by atoms with van der Waals surface area (Å²) in [6.45, 7) is 0. The molecular weight excluding hydrogens is 387 g/mol. The molecule has 3 rings (SSSR count). The van der Waals surface area contributed by atoms with Crippen LogP contribution in [0.4, 0.5) is 16.2 Å². The number of hydrogen-bond donors (Lipinski definition) is 2. The number of amides is 2. The number of halogens is 3. The molecule has 0 saturated heterocycles. The zero-order valence-corrected chi connectivity index (χ0v) is 15.3. The number of nitrogens with zero attached hydrogens (tertiary/aromatic N) is 2. The van der Waals surface area contributed by atoms with Crippen molar-refractivity contribution in [1.29, 1.82) is 0 Å². The fourth-order valence-electron chi connectivity index (χ4n) is 2.61. The van der Waals surface area contributed by atoms with Crippen molar-refractivity contribution >= 4 is 52.2 Å². The molecule has 2 heterocycles. The summed E-state index contributed by atoms with van der Waals surface area (Å²) in [5, 5.41) is 5.90. The van der Waals surface area contributed by atoms with Gasteiger partial charge in [0.1, 0.15) is 21.6 Å². The maximum atomic E-state index is 12.1. The van der Waals surface area contributed by atoms with Crippen LogP contribution in [0.3, 0.4) is 0 Å². The molecule has 6 nitrogen and oxygen atoms in total. The van der Waals surface area contributed by atoms with Crippen molar-refractivity contribution < 1.29 is 9.53 Å². The van der Waals surface area contributed by atoms with Gasteiger partial charge in [-0.05, 0) is 43.9 Å². The molecule has 1 saturated carbocycles. The summed E-state index contributed by atoms with van der Waals surface area (Å²) in [5.41, 5.74) is 0.891. The molecule has 25 heavy (non-hydrogen) atoms. The van der Waals surface area contributed by atoms with Crippen LogP contribution in [0.1, 0.15) is 25.7 Å². The van der Waals surface area contributed by atoms with Crippen LogP contribution in [0.15, 0.2) is 24.3 Å². The van der Waals surface area contributed by atoms with Gasteiger partial charge in [-0.25, -0.2) is 14.8 Å². The summed E-state index contributed by atoms with van der Waals surface area (Å²) in [4.78, 5) is 20.1. The van der Waals surface area contributed by atoms with Crippen LogP contribution < -0.4 is 15.4 Å². The van der Waals surface area contributed by atoms with Gasteiger partial charge >= 0.3 is 6.03 Å². The minimum Gasteiger partial charge on any atom is -0.474 e. The van der Waals surface area contributed by atoms with Crippen molar-refractivity contribution in [3.63, 3.8) is 0 Å². The quantitative estimate of drug-likeness (QED) is 0.672. The fraction of sp³-hybridized carbons (Fsp3) is 0.312. The zero-order valence-electron chi connectivity index (χ0n) is 13.1. The van der Waals surface area contributed by atoms with Crippen LogP contribution in [0.25, 0.3) is 0 Å². The summed E-state index contributed by atoms with van der Waals surface area (Å²) in [5.74, 6) is 0.393. The standard InChI is InChI=1S/C16H15Cl3N4O2/c17-12-5-9(6-13(18)22-12)20-16(24)21-10-7-14(19)23-15(8-10)25-11-3-1-2-4-11/h5-8,11H,1-4H2,(H2,20,21,22,23,24). The van der Waals surface area contributed by atoms with Gasteiger partial charge in [0.15, 0.2) is 0 Å². The molecular formula is C16H15Cl3N4O2. The summed E-state index contributed by atoms with van der Waals surface area (Å²) >= 11 is 17.6. The largest absolute Gasteiger partial charge is 0.474 e. The second-order valence-electron chi connectivity index (χ2n) is 5.62. The molecule has 1 fully saturated rings. The van der Waals surface area contributed by atoms with E-state index in [0.717, 1.165) is 25.7 Å². The van der Waals surface area contributed by atoms with Gasteiger partial charge in [-0.1, -0.05) is 34.8 Å². The van der Waals surface area contributed by atoms with Crippen molar-refractivity contribution in [3.8, 4) is 5.88 Å². The van der Waals surface area contributed by atoms with Crippen molar-refractivity contribution in [2.24, 2.45) is 0 Å². The molecule has 0 atom stereocenters. The van der Waals surface area contributed by atoms with E-state index in [-0.39, 0.29) is 21.6 Å². The molecule has 132 valence electrons. The highest BCUT2D eigenvalue weighted by Crippen LogP contribution is 2.26. The van der Waals surface area contributed by atoms with Gasteiger partial charge in [-0.15, -0.1) is 0 Å². The Morgan fingerprint density at radius 3 is 2.04 bits per heavy atom. The van der Waals surface area contributed by atoms with Gasteiger partial charge in [0.2, 0.25) is 5.88 Å². The number of anilines is 2. The molecule has 9 heteroatoms. The van der Waals surface area contributed by atoms with Gasteiger partial charge in [0.05, 0.1) is 5.69 Å². The van der Waals surface area contributed by atoms with E-state index >= 15 is 0 Å². The third kappa shape index (κ3) is 5.36. The Morgan fingerprint density at radius 1 is 0.920 bits per heavy atom. The first-order valence-corrected chi connectivity index (χ1v) is 8.87. The molecule has 0 unspecified atom stereocenters. The Bertz CT molecular complexity index is 762. The topological polar surface area (TPSA) is 76.1 Å². The number of carbonyl (C=O) groups is 1. The average molecular weight is 402 g/mol. The van der Waals surface area contributed by atoms with Gasteiger partial charge in [-0.2, -0.15) is 0 Å². The first kappa shape index (κ1) is 18.0. The lowest BCUT2D eigenvalue weighted by Gasteiger charge is -2.14. The van der Waals surface area contributed by atoms with Crippen LogP contribution in [0.2, 0.25) is 15.5 Å². The number of carbonyl (C=O) groups excluding carboxylic acids is 1. The molecule has 2 aromatic heterocycles. The highest BCUT2D eigenvalue weighted by atomic mass is 35.5. The number of ether oxygens (including phenoxy) is 1. The number of hydrogen-bond acceptors (Lipinski definition) is 4. The molecule has 1 aliphatic rings. The summed E-state index contributed by atoms with van der Waals surface area (Å²) in [7, 11) is 0. The van der Waals surface area contributed by atoms with Gasteiger partial charge in [0.25, 0.3) is 0 Å². The van der Waals surface area contributed by atoms with Crippen molar-refractivity contribution in [2.75, 3.05) is 10.6 Å². The summed E-state index contributed by atoms with van der Waals surface area (Å²) in [6, 6.07) is 5.67. The maximum absolute atomic E-state index is 12.1. The third-order valence-electron chi connectivity index (χ3n) is 3.64. The summed E-state index contributed by atoms with van der Waals surface area (Å²) < 4.78 is 5.82. The predicted octanol–water partition coefficient (Wildman–Crippen LogP) is 5.40. The number of aromatic nitrogens is 2. The predicted molar refractivity (Wildman–Crippen MR) is 99.0 cm³/mol. The number of rotatable bonds is 4. The Labute approximate surface area is 159 Å². The molecule has 0 bridgehead atoms. The van der Waals surface area contributed by atoms with Crippen LogP contribution in [0.5, 0.6) is 5.88 Å². The van der Waals surface area contributed by atoms with E-state index in [1.807, 2.05) is 0 Å². The smallest absolute Gasteiger partial charge is 0.323 e. The van der Waals surface area contributed by atoms with Gasteiger partial charge in [0, 0.05) is 11.8 Å². The first-order valence-electron chi connectivity index (χ1n) is 7.73. The van der Waals surface area contributed by atoms with E-state index in [4.69, 9.17) is 39.5 Å². The summed E-state index contributed by atoms with van der Waals surface area (Å²) in [6.07, 6.45) is 4.45. The van der Waals surface area contributed by atoms with E-state index in [0.29, 0.717) is 17.3 Å². The molecule has 0 aromatic carbocycles. The Morgan fingerprint density at radius 2 is 1.44 bits per heavy atom. The molecule has 0 aliphatic heterocycles. The van der Waals surface area contributed by atoms with Gasteiger partial charge in [-0.3, -0.25) is 0 Å². The van der Waals surface area contributed by atoms with Crippen molar-refractivity contribution in [1.82, 2.24) is 9.97 Å². The van der Waals surface area contributed by atoms with E-state index in [1.54, 1.807) is 6.07 Å². The number of urea groups is 1. The van der Waals surface area contributed by atoms with Crippen LogP contribution in [-0.2, 0) is 0 Å². The van der Waals surface area contributed by atoms with E-state index < -0.39 is 6.03 Å². The Hall–Kier alpha value is -1.76. The minimum absolute atomic E-state index is 0.147. The fourth-order valence-corrected chi connectivity index (χ4v) is 3.27. The lowest BCUT2D eigenvalue weighted by Crippen LogP contribution is -2.20. The monoisotopic (exact) mass is 400 g/mol. The van der Waals surface area contributed by atoms with E-state index in [2.05, 4.69) is 20.6 Å². The van der Waals surface area contributed by atoms with Crippen LogP contribution >= 0.6 is 34.8 Å². The number of pyridine rings is 2. The molecule has 2 aromatic rings. The molecule has 0 spiro atoms. The first-order chi connectivity index (χ1) is 12.0. The second kappa shape index (κ2) is 8.08. The van der Waals surface area contributed by atoms with E-state index in [9.17, 15) is 4.79 Å². The highest BCUT2D eigenvalue weighted by molar-refractivity contribution is 6.33. The lowest BCUT2D eigenvalue weighted by atomic mass is 10.3. The van der Waals surface area contributed by atoms with Crippen LogP contribution in [0, 0.1) is 0 Å². The zero-order chi connectivity index (χ0) is 17.8. The number of nitrogens with one attached hydrogen (secondary N) is 2. The lowest BCUT2D eigenvalue weighted by molar-refractivity contribution is 0.201. The molecule has 2 amide bonds. The van der Waals surface area contributed by atoms with Crippen molar-refractivity contribution in [2.45, 2.75) is 31.8 Å². The maximum Gasteiger partial charge on any atom is 0.323 e. The second-order valence-corrected chi connectivity index (χ2v) is 6.78. The van der Waals surface area contributed by atoms with E-state index in [1.165, 1.54) is 18.2 Å². The minimum atomic E-state index is -0.479. The Balaban J connectivity index is 1.66. The molecule has 2 N–H and O–H groups in total. The highest BCUT2D eigenvalue weighted by Gasteiger charge is 2.18. The average Bonchev–Trinajstić information content (AvgIpc) is 2.98. The van der Waals surface area contributed by atoms with Gasteiger partial charge < -0.3 is 15.4 Å². The molecule has 0 radical (unpaired) electrons. The Kier molecular flexibility index (Phi) is 5.83.